The molecule has 1 unspecified atom stereocenters. The fourth-order valence-corrected chi connectivity index (χ4v) is 4.34. The van der Waals surface area contributed by atoms with Gasteiger partial charge in [0.2, 0.25) is 0 Å². The molecule has 1 atom stereocenters. The van der Waals surface area contributed by atoms with Crippen LogP contribution in [-0.2, 0) is 10.0 Å². The van der Waals surface area contributed by atoms with Gasteiger partial charge in [-0.2, -0.15) is 5.26 Å². The van der Waals surface area contributed by atoms with E-state index in [1.54, 1.807) is 12.1 Å². The Hall–Kier alpha value is -2.44. The molecule has 29 heavy (non-hydrogen) atoms. The van der Waals surface area contributed by atoms with Gasteiger partial charge in [0.15, 0.2) is 4.91 Å². The normalized spacial score (nSPS) is 16.6. The van der Waals surface area contributed by atoms with Gasteiger partial charge in [0, 0.05) is 25.3 Å². The number of aliphatic hydroxyl groups is 2. The van der Waals surface area contributed by atoms with E-state index < -0.39 is 27.6 Å². The molecule has 0 bridgehead atoms. The molecular formula is C21H25N3O4S. The van der Waals surface area contributed by atoms with E-state index in [0.29, 0.717) is 5.56 Å². The van der Waals surface area contributed by atoms with Gasteiger partial charge in [-0.1, -0.05) is 18.2 Å². The number of nitriles is 1. The lowest BCUT2D eigenvalue weighted by atomic mass is 10.0. The fraction of sp³-hybridized carbons (Fsp3) is 0.381. The van der Waals surface area contributed by atoms with Crippen LogP contribution in [0.5, 0.6) is 0 Å². The molecule has 3 N–H and O–H groups in total. The predicted octanol–water partition coefficient (Wildman–Crippen LogP) is 1.97. The zero-order valence-corrected chi connectivity index (χ0v) is 16.9. The van der Waals surface area contributed by atoms with Crippen molar-refractivity contribution >= 4 is 32.6 Å². The SMILES string of the molecule is N#CC(=Cc1ccc2cc(N3CCCCC3)ccc2c1)S(=O)(=O)NCC(O)CO. The summed E-state index contributed by atoms with van der Waals surface area (Å²) in [4.78, 5) is 1.93. The maximum absolute atomic E-state index is 12.3. The van der Waals surface area contributed by atoms with Crippen LogP contribution in [0.15, 0.2) is 41.3 Å². The van der Waals surface area contributed by atoms with Crippen molar-refractivity contribution in [1.82, 2.24) is 4.72 Å². The standard InChI is InChI=1S/C21H25N3O4S/c22-13-21(29(27,28)23-14-20(26)15-25)11-16-4-5-18-12-19(7-6-17(18)10-16)24-8-2-1-3-9-24/h4-7,10-12,20,23,25-26H,1-3,8-9,14-15H2. The predicted molar refractivity (Wildman–Crippen MR) is 114 cm³/mol. The van der Waals surface area contributed by atoms with Crippen LogP contribution in [0.4, 0.5) is 5.69 Å². The number of rotatable bonds is 7. The molecule has 2 aromatic rings. The van der Waals surface area contributed by atoms with Gasteiger partial charge in [-0.3, -0.25) is 0 Å². The van der Waals surface area contributed by atoms with Crippen molar-refractivity contribution in [2.75, 3.05) is 31.1 Å². The molecule has 3 rings (SSSR count). The maximum Gasteiger partial charge on any atom is 0.250 e. The second kappa shape index (κ2) is 9.37. The number of anilines is 1. The lowest BCUT2D eigenvalue weighted by molar-refractivity contribution is 0.0989. The summed E-state index contributed by atoms with van der Waals surface area (Å²) in [5.41, 5.74) is 1.78. The summed E-state index contributed by atoms with van der Waals surface area (Å²) >= 11 is 0. The Bertz CT molecular complexity index is 1040. The van der Waals surface area contributed by atoms with Crippen molar-refractivity contribution in [3.8, 4) is 6.07 Å². The maximum atomic E-state index is 12.3. The van der Waals surface area contributed by atoms with Gasteiger partial charge in [0.25, 0.3) is 10.0 Å². The first-order valence-electron chi connectivity index (χ1n) is 9.62. The van der Waals surface area contributed by atoms with E-state index >= 15 is 0 Å². The summed E-state index contributed by atoms with van der Waals surface area (Å²) in [6.45, 7) is 1.19. The molecule has 1 aliphatic rings. The molecule has 7 nitrogen and oxygen atoms in total. The molecule has 1 heterocycles. The van der Waals surface area contributed by atoms with Crippen molar-refractivity contribution in [3.63, 3.8) is 0 Å². The lowest BCUT2D eigenvalue weighted by Gasteiger charge is -2.29. The number of aliphatic hydroxyl groups excluding tert-OH is 2. The first-order chi connectivity index (χ1) is 13.9. The van der Waals surface area contributed by atoms with E-state index in [2.05, 4.69) is 21.8 Å². The van der Waals surface area contributed by atoms with E-state index in [4.69, 9.17) is 5.11 Å². The van der Waals surface area contributed by atoms with Gasteiger partial charge in [-0.05, 0) is 59.9 Å². The minimum absolute atomic E-state index is 0.366. The minimum Gasteiger partial charge on any atom is -0.394 e. The van der Waals surface area contributed by atoms with E-state index in [0.717, 1.165) is 23.9 Å². The summed E-state index contributed by atoms with van der Waals surface area (Å²) in [5.74, 6) is 0. The number of benzene rings is 2. The highest BCUT2D eigenvalue weighted by Gasteiger charge is 2.19. The number of hydrogen-bond donors (Lipinski definition) is 3. The summed E-state index contributed by atoms with van der Waals surface area (Å²) in [7, 11) is -4.08. The number of fused-ring (bicyclic) bond motifs is 1. The van der Waals surface area contributed by atoms with Crippen LogP contribution < -0.4 is 9.62 Å². The first kappa shape index (κ1) is 21.3. The first-order valence-corrected chi connectivity index (χ1v) is 11.1. The number of sulfonamides is 1. The smallest absolute Gasteiger partial charge is 0.250 e. The summed E-state index contributed by atoms with van der Waals surface area (Å²) in [5, 5.41) is 29.4. The van der Waals surface area contributed by atoms with Crippen LogP contribution in [-0.4, -0.2) is 51.0 Å². The molecule has 154 valence electrons. The molecule has 1 saturated heterocycles. The Morgan fingerprint density at radius 2 is 1.86 bits per heavy atom. The van der Waals surface area contributed by atoms with Crippen LogP contribution >= 0.6 is 0 Å². The fourth-order valence-electron chi connectivity index (χ4n) is 3.36. The van der Waals surface area contributed by atoms with Gasteiger partial charge in [-0.25, -0.2) is 13.1 Å². The molecule has 0 aromatic heterocycles. The minimum atomic E-state index is -4.08. The van der Waals surface area contributed by atoms with Crippen molar-refractivity contribution in [1.29, 1.82) is 5.26 Å². The van der Waals surface area contributed by atoms with Gasteiger partial charge in [0.1, 0.15) is 6.07 Å². The Morgan fingerprint density at radius 3 is 2.55 bits per heavy atom. The Kier molecular flexibility index (Phi) is 6.87. The summed E-state index contributed by atoms with van der Waals surface area (Å²) < 4.78 is 26.7. The zero-order chi connectivity index (χ0) is 20.9. The topological polar surface area (TPSA) is 114 Å². The second-order valence-corrected chi connectivity index (χ2v) is 8.88. The average molecular weight is 416 g/mol. The third kappa shape index (κ3) is 5.34. The van der Waals surface area contributed by atoms with E-state index in [1.165, 1.54) is 31.0 Å². The van der Waals surface area contributed by atoms with Crippen LogP contribution in [0.3, 0.4) is 0 Å². The third-order valence-electron chi connectivity index (χ3n) is 4.99. The van der Waals surface area contributed by atoms with Crippen LogP contribution in [0.25, 0.3) is 16.8 Å². The molecule has 1 fully saturated rings. The third-order valence-corrected chi connectivity index (χ3v) is 6.32. The highest BCUT2D eigenvalue weighted by molar-refractivity contribution is 7.93. The monoisotopic (exact) mass is 415 g/mol. The quantitative estimate of drug-likeness (QED) is 0.596. The van der Waals surface area contributed by atoms with E-state index in [9.17, 15) is 18.8 Å². The van der Waals surface area contributed by atoms with Gasteiger partial charge >= 0.3 is 0 Å². The van der Waals surface area contributed by atoms with E-state index in [1.807, 2.05) is 18.2 Å². The van der Waals surface area contributed by atoms with Crippen molar-refractivity contribution < 1.29 is 18.6 Å². The molecule has 0 saturated carbocycles. The highest BCUT2D eigenvalue weighted by atomic mass is 32.2. The highest BCUT2D eigenvalue weighted by Crippen LogP contribution is 2.26. The molecule has 0 amide bonds. The Labute approximate surface area is 170 Å². The van der Waals surface area contributed by atoms with Crippen molar-refractivity contribution in [3.05, 3.63) is 46.9 Å². The number of nitrogens with zero attached hydrogens (tertiary/aromatic N) is 2. The second-order valence-electron chi connectivity index (χ2n) is 7.15. The Balaban J connectivity index is 1.84. The number of piperidine rings is 1. The molecule has 8 heteroatoms. The number of allylic oxidation sites excluding steroid dienone is 1. The van der Waals surface area contributed by atoms with Gasteiger partial charge in [-0.15, -0.1) is 0 Å². The average Bonchev–Trinajstić information content (AvgIpc) is 2.75. The molecular weight excluding hydrogens is 390 g/mol. The van der Waals surface area contributed by atoms with Gasteiger partial charge < -0.3 is 15.1 Å². The number of hydrogen-bond acceptors (Lipinski definition) is 6. The van der Waals surface area contributed by atoms with Crippen LogP contribution in [0.1, 0.15) is 24.8 Å². The summed E-state index contributed by atoms with van der Waals surface area (Å²) in [6, 6.07) is 13.4. The molecule has 1 aliphatic heterocycles. The molecule has 2 aromatic carbocycles. The summed E-state index contributed by atoms with van der Waals surface area (Å²) in [6.07, 6.45) is 3.76. The molecule has 0 aliphatic carbocycles. The number of nitrogens with one attached hydrogen (secondary N) is 1. The van der Waals surface area contributed by atoms with Crippen molar-refractivity contribution in [2.45, 2.75) is 25.4 Å². The van der Waals surface area contributed by atoms with Gasteiger partial charge in [0.05, 0.1) is 12.7 Å². The van der Waals surface area contributed by atoms with Crippen molar-refractivity contribution in [2.24, 2.45) is 0 Å². The van der Waals surface area contributed by atoms with E-state index in [-0.39, 0.29) is 6.54 Å². The van der Waals surface area contributed by atoms with Crippen LogP contribution in [0, 0.1) is 11.3 Å². The molecule has 0 radical (unpaired) electrons. The molecule has 0 spiro atoms. The lowest BCUT2D eigenvalue weighted by Crippen LogP contribution is -2.34. The largest absolute Gasteiger partial charge is 0.394 e. The zero-order valence-electron chi connectivity index (χ0n) is 16.1. The van der Waals surface area contributed by atoms with Crippen LogP contribution in [0.2, 0.25) is 0 Å². The Morgan fingerprint density at radius 1 is 1.17 bits per heavy atom.